The molecule has 0 spiro atoms. The fraction of sp³-hybridized carbons (Fsp3) is 0.308. The molecule has 2 aromatic rings. The monoisotopic (exact) mass is 231 g/mol. The Balaban J connectivity index is 2.12. The van der Waals surface area contributed by atoms with E-state index in [9.17, 15) is 5.11 Å². The maximum absolute atomic E-state index is 9.44. The van der Waals surface area contributed by atoms with Gasteiger partial charge in [0.2, 0.25) is 0 Å². The van der Waals surface area contributed by atoms with Crippen molar-refractivity contribution in [3.8, 4) is 5.75 Å². The molecule has 0 aliphatic heterocycles. The number of phenols is 1. The number of nitrogens with zero attached hydrogens (tertiary/aromatic N) is 2. The number of phenolic OH excluding ortho intramolecular Hbond substituents is 1. The number of aryl methyl sites for hydroxylation is 3. The van der Waals surface area contributed by atoms with Crippen molar-refractivity contribution in [2.24, 2.45) is 7.05 Å². The third-order valence-electron chi connectivity index (χ3n) is 2.78. The first kappa shape index (κ1) is 11.5. The zero-order valence-electron chi connectivity index (χ0n) is 10.4. The Morgan fingerprint density at radius 3 is 2.71 bits per heavy atom. The summed E-state index contributed by atoms with van der Waals surface area (Å²) >= 11 is 0. The van der Waals surface area contributed by atoms with E-state index in [4.69, 9.17) is 0 Å². The van der Waals surface area contributed by atoms with Gasteiger partial charge in [-0.1, -0.05) is 6.07 Å². The predicted octanol–water partition coefficient (Wildman–Crippen LogP) is 2.35. The average molecular weight is 231 g/mol. The average Bonchev–Trinajstić information content (AvgIpc) is 2.59. The molecule has 0 atom stereocenters. The van der Waals surface area contributed by atoms with Gasteiger partial charge in [0.15, 0.2) is 0 Å². The van der Waals surface area contributed by atoms with Crippen LogP contribution in [-0.4, -0.2) is 14.9 Å². The van der Waals surface area contributed by atoms with Crippen LogP contribution >= 0.6 is 0 Å². The molecule has 4 nitrogen and oxygen atoms in total. The SMILES string of the molecule is Cc1cc(CNc2cc(O)ccc2C)n(C)n1. The minimum Gasteiger partial charge on any atom is -0.508 e. The molecule has 2 rings (SSSR count). The summed E-state index contributed by atoms with van der Waals surface area (Å²) < 4.78 is 1.86. The Kier molecular flexibility index (Phi) is 3.04. The fourth-order valence-electron chi connectivity index (χ4n) is 1.82. The van der Waals surface area contributed by atoms with Gasteiger partial charge in [0.05, 0.1) is 17.9 Å². The molecule has 1 aromatic carbocycles. The van der Waals surface area contributed by atoms with Crippen LogP contribution in [0, 0.1) is 13.8 Å². The van der Waals surface area contributed by atoms with Crippen LogP contribution in [0.5, 0.6) is 5.75 Å². The minimum atomic E-state index is 0.277. The van der Waals surface area contributed by atoms with Gasteiger partial charge in [-0.25, -0.2) is 0 Å². The van der Waals surface area contributed by atoms with Crippen molar-refractivity contribution in [3.63, 3.8) is 0 Å². The van der Waals surface area contributed by atoms with E-state index in [0.717, 1.165) is 22.6 Å². The summed E-state index contributed by atoms with van der Waals surface area (Å²) in [7, 11) is 1.93. The second-order valence-corrected chi connectivity index (χ2v) is 4.25. The van der Waals surface area contributed by atoms with Crippen molar-refractivity contribution in [1.82, 2.24) is 9.78 Å². The molecule has 4 heteroatoms. The summed E-state index contributed by atoms with van der Waals surface area (Å²) in [5, 5.41) is 17.0. The molecule has 0 fully saturated rings. The van der Waals surface area contributed by atoms with Crippen LogP contribution in [0.3, 0.4) is 0 Å². The number of aromatic nitrogens is 2. The van der Waals surface area contributed by atoms with Crippen molar-refractivity contribution >= 4 is 5.69 Å². The Morgan fingerprint density at radius 2 is 2.06 bits per heavy atom. The van der Waals surface area contributed by atoms with Crippen molar-refractivity contribution < 1.29 is 5.11 Å². The number of aromatic hydroxyl groups is 1. The number of nitrogens with one attached hydrogen (secondary N) is 1. The van der Waals surface area contributed by atoms with E-state index < -0.39 is 0 Å². The molecular formula is C13H17N3O. The second kappa shape index (κ2) is 4.49. The molecule has 1 heterocycles. The van der Waals surface area contributed by atoms with E-state index >= 15 is 0 Å². The number of benzene rings is 1. The number of rotatable bonds is 3. The first-order chi connectivity index (χ1) is 8.06. The van der Waals surface area contributed by atoms with Crippen molar-refractivity contribution in [2.75, 3.05) is 5.32 Å². The summed E-state index contributed by atoms with van der Waals surface area (Å²) in [4.78, 5) is 0. The number of anilines is 1. The summed E-state index contributed by atoms with van der Waals surface area (Å²) in [5.74, 6) is 0.277. The molecule has 0 amide bonds. The highest BCUT2D eigenvalue weighted by atomic mass is 16.3. The standard InChI is InChI=1S/C13H17N3O/c1-9-4-5-12(17)7-13(9)14-8-11-6-10(2)15-16(11)3/h4-7,14,17H,8H2,1-3H3. The van der Waals surface area contributed by atoms with Crippen molar-refractivity contribution in [1.29, 1.82) is 0 Å². The van der Waals surface area contributed by atoms with Gasteiger partial charge in [-0.15, -0.1) is 0 Å². The first-order valence-electron chi connectivity index (χ1n) is 5.59. The van der Waals surface area contributed by atoms with E-state index in [1.165, 1.54) is 0 Å². The molecule has 17 heavy (non-hydrogen) atoms. The molecular weight excluding hydrogens is 214 g/mol. The highest BCUT2D eigenvalue weighted by Gasteiger charge is 2.03. The lowest BCUT2D eigenvalue weighted by Crippen LogP contribution is -2.06. The Morgan fingerprint density at radius 1 is 1.29 bits per heavy atom. The summed E-state index contributed by atoms with van der Waals surface area (Å²) in [6.07, 6.45) is 0. The molecule has 0 aliphatic carbocycles. The Labute approximate surface area is 101 Å². The third-order valence-corrected chi connectivity index (χ3v) is 2.78. The molecule has 0 saturated carbocycles. The largest absolute Gasteiger partial charge is 0.508 e. The van der Waals surface area contributed by atoms with Crippen LogP contribution in [-0.2, 0) is 13.6 Å². The molecule has 0 unspecified atom stereocenters. The van der Waals surface area contributed by atoms with Gasteiger partial charge < -0.3 is 10.4 Å². The Hall–Kier alpha value is -1.97. The lowest BCUT2D eigenvalue weighted by molar-refractivity contribution is 0.475. The van der Waals surface area contributed by atoms with E-state index in [-0.39, 0.29) is 5.75 Å². The maximum Gasteiger partial charge on any atom is 0.117 e. The van der Waals surface area contributed by atoms with Crippen LogP contribution in [0.25, 0.3) is 0 Å². The Bertz CT molecular complexity index is 531. The van der Waals surface area contributed by atoms with Crippen LogP contribution in [0.4, 0.5) is 5.69 Å². The van der Waals surface area contributed by atoms with Crippen molar-refractivity contribution in [2.45, 2.75) is 20.4 Å². The van der Waals surface area contributed by atoms with Crippen LogP contribution in [0.15, 0.2) is 24.3 Å². The lowest BCUT2D eigenvalue weighted by atomic mass is 10.2. The predicted molar refractivity (Wildman–Crippen MR) is 68.1 cm³/mol. The third kappa shape index (κ3) is 2.58. The van der Waals surface area contributed by atoms with Crippen LogP contribution in [0.2, 0.25) is 0 Å². The van der Waals surface area contributed by atoms with E-state index in [1.54, 1.807) is 12.1 Å². The van der Waals surface area contributed by atoms with Gasteiger partial charge in [-0.05, 0) is 31.5 Å². The van der Waals surface area contributed by atoms with Crippen LogP contribution < -0.4 is 5.32 Å². The molecule has 0 radical (unpaired) electrons. The van der Waals surface area contributed by atoms with Crippen molar-refractivity contribution in [3.05, 3.63) is 41.2 Å². The molecule has 0 bridgehead atoms. The smallest absolute Gasteiger partial charge is 0.117 e. The summed E-state index contributed by atoms with van der Waals surface area (Å²) in [5.41, 5.74) is 4.19. The molecule has 0 aliphatic rings. The first-order valence-corrected chi connectivity index (χ1v) is 5.59. The van der Waals surface area contributed by atoms with Gasteiger partial charge in [-0.3, -0.25) is 4.68 Å². The molecule has 0 saturated heterocycles. The fourth-order valence-corrected chi connectivity index (χ4v) is 1.82. The van der Waals surface area contributed by atoms with E-state index in [0.29, 0.717) is 6.54 Å². The zero-order chi connectivity index (χ0) is 12.4. The highest BCUT2D eigenvalue weighted by Crippen LogP contribution is 2.21. The van der Waals surface area contributed by atoms with Gasteiger partial charge in [-0.2, -0.15) is 5.10 Å². The molecule has 2 N–H and O–H groups in total. The maximum atomic E-state index is 9.44. The molecule has 90 valence electrons. The van der Waals surface area contributed by atoms with E-state index in [1.807, 2.05) is 37.7 Å². The van der Waals surface area contributed by atoms with Gasteiger partial charge in [0.25, 0.3) is 0 Å². The minimum absolute atomic E-state index is 0.277. The van der Waals surface area contributed by atoms with Gasteiger partial charge in [0.1, 0.15) is 5.75 Å². The second-order valence-electron chi connectivity index (χ2n) is 4.25. The normalized spacial score (nSPS) is 10.5. The summed E-state index contributed by atoms with van der Waals surface area (Å²) in [6.45, 7) is 4.68. The number of hydrogen-bond acceptors (Lipinski definition) is 3. The van der Waals surface area contributed by atoms with Crippen LogP contribution in [0.1, 0.15) is 17.0 Å². The quantitative estimate of drug-likeness (QED) is 0.852. The highest BCUT2D eigenvalue weighted by molar-refractivity contribution is 5.54. The van der Waals surface area contributed by atoms with Gasteiger partial charge in [0, 0.05) is 18.8 Å². The zero-order valence-corrected chi connectivity index (χ0v) is 10.4. The topological polar surface area (TPSA) is 50.1 Å². The van der Waals surface area contributed by atoms with E-state index in [2.05, 4.69) is 10.4 Å². The molecule has 1 aromatic heterocycles. The summed E-state index contributed by atoms with van der Waals surface area (Å²) in [6, 6.07) is 7.37. The van der Waals surface area contributed by atoms with Gasteiger partial charge >= 0.3 is 0 Å². The lowest BCUT2D eigenvalue weighted by Gasteiger charge is -2.09. The number of hydrogen-bond donors (Lipinski definition) is 2.